The summed E-state index contributed by atoms with van der Waals surface area (Å²) in [6.07, 6.45) is 2.04. The summed E-state index contributed by atoms with van der Waals surface area (Å²) in [5, 5.41) is 0. The SMILES string of the molecule is NC1CCCN(c2nc3ccccc3n2Cc2ccc(F)c(F)c2)C1. The fourth-order valence-corrected chi connectivity index (χ4v) is 3.47. The predicted molar refractivity (Wildman–Crippen MR) is 94.6 cm³/mol. The lowest BCUT2D eigenvalue weighted by atomic mass is 10.1. The summed E-state index contributed by atoms with van der Waals surface area (Å²) in [4.78, 5) is 6.96. The number of imidazole rings is 1. The van der Waals surface area contributed by atoms with Crippen LogP contribution in [0, 0.1) is 11.6 Å². The summed E-state index contributed by atoms with van der Waals surface area (Å²) in [7, 11) is 0. The second-order valence-electron chi connectivity index (χ2n) is 6.58. The van der Waals surface area contributed by atoms with Crippen LogP contribution in [0.4, 0.5) is 14.7 Å². The molecule has 2 aromatic carbocycles. The zero-order valence-electron chi connectivity index (χ0n) is 13.8. The summed E-state index contributed by atoms with van der Waals surface area (Å²) in [5.74, 6) is -0.828. The van der Waals surface area contributed by atoms with E-state index in [0.717, 1.165) is 42.9 Å². The van der Waals surface area contributed by atoms with E-state index in [1.807, 2.05) is 24.3 Å². The van der Waals surface area contributed by atoms with Gasteiger partial charge in [-0.15, -0.1) is 0 Å². The van der Waals surface area contributed by atoms with E-state index in [1.165, 1.54) is 12.1 Å². The minimum atomic E-state index is -0.832. The van der Waals surface area contributed by atoms with Gasteiger partial charge in [0.05, 0.1) is 17.6 Å². The Kier molecular flexibility index (Phi) is 4.13. The first kappa shape index (κ1) is 16.0. The monoisotopic (exact) mass is 342 g/mol. The number of para-hydroxylation sites is 2. The molecule has 1 aliphatic heterocycles. The maximum atomic E-state index is 13.6. The van der Waals surface area contributed by atoms with Gasteiger partial charge < -0.3 is 15.2 Å². The second kappa shape index (κ2) is 6.44. The van der Waals surface area contributed by atoms with Gasteiger partial charge >= 0.3 is 0 Å². The molecule has 0 bridgehead atoms. The quantitative estimate of drug-likeness (QED) is 0.794. The molecule has 1 aliphatic rings. The molecule has 25 heavy (non-hydrogen) atoms. The number of halogens is 2. The van der Waals surface area contributed by atoms with Crippen molar-refractivity contribution in [1.82, 2.24) is 9.55 Å². The lowest BCUT2D eigenvalue weighted by Gasteiger charge is -2.32. The van der Waals surface area contributed by atoms with Crippen LogP contribution in [0.1, 0.15) is 18.4 Å². The van der Waals surface area contributed by atoms with Gasteiger partial charge in [0.1, 0.15) is 0 Å². The number of fused-ring (bicyclic) bond motifs is 1. The standard InChI is InChI=1S/C19H20F2N4/c20-15-8-7-13(10-16(15)21)11-25-18-6-2-1-5-17(18)23-19(25)24-9-3-4-14(22)12-24/h1-2,5-8,10,14H,3-4,9,11-12,22H2. The van der Waals surface area contributed by atoms with Crippen LogP contribution in [-0.2, 0) is 6.54 Å². The number of aromatic nitrogens is 2. The van der Waals surface area contributed by atoms with E-state index in [2.05, 4.69) is 9.47 Å². The van der Waals surface area contributed by atoms with Crippen LogP contribution in [0.25, 0.3) is 11.0 Å². The Morgan fingerprint density at radius 3 is 2.76 bits per heavy atom. The minimum absolute atomic E-state index is 0.130. The molecule has 0 radical (unpaired) electrons. The van der Waals surface area contributed by atoms with Crippen molar-refractivity contribution in [2.75, 3.05) is 18.0 Å². The van der Waals surface area contributed by atoms with Crippen molar-refractivity contribution in [2.24, 2.45) is 5.73 Å². The van der Waals surface area contributed by atoms with Crippen molar-refractivity contribution < 1.29 is 8.78 Å². The number of hydrogen-bond acceptors (Lipinski definition) is 3. The number of piperidine rings is 1. The van der Waals surface area contributed by atoms with E-state index >= 15 is 0 Å². The minimum Gasteiger partial charge on any atom is -0.341 e. The van der Waals surface area contributed by atoms with E-state index in [9.17, 15) is 8.78 Å². The molecule has 1 aromatic heterocycles. The molecule has 4 rings (SSSR count). The molecule has 0 spiro atoms. The molecule has 1 atom stereocenters. The van der Waals surface area contributed by atoms with Crippen LogP contribution < -0.4 is 10.6 Å². The van der Waals surface area contributed by atoms with Gasteiger partial charge in [0.15, 0.2) is 11.6 Å². The van der Waals surface area contributed by atoms with Gasteiger partial charge in [-0.3, -0.25) is 0 Å². The number of rotatable bonds is 3. The number of anilines is 1. The molecule has 1 unspecified atom stereocenters. The molecular weight excluding hydrogens is 322 g/mol. The van der Waals surface area contributed by atoms with Crippen LogP contribution >= 0.6 is 0 Å². The molecule has 0 saturated carbocycles. The summed E-state index contributed by atoms with van der Waals surface area (Å²) in [6, 6.07) is 12.0. The summed E-state index contributed by atoms with van der Waals surface area (Å²) in [5.41, 5.74) is 8.69. The van der Waals surface area contributed by atoms with Crippen molar-refractivity contribution in [3.63, 3.8) is 0 Å². The molecular formula is C19H20F2N4. The van der Waals surface area contributed by atoms with Crippen molar-refractivity contribution in [3.05, 3.63) is 59.7 Å². The second-order valence-corrected chi connectivity index (χ2v) is 6.58. The largest absolute Gasteiger partial charge is 0.341 e. The third kappa shape index (κ3) is 3.09. The molecule has 1 saturated heterocycles. The lowest BCUT2D eigenvalue weighted by Crippen LogP contribution is -2.44. The van der Waals surface area contributed by atoms with Crippen LogP contribution in [0.3, 0.4) is 0 Å². The van der Waals surface area contributed by atoms with Crippen LogP contribution in [0.5, 0.6) is 0 Å². The van der Waals surface area contributed by atoms with Crippen molar-refractivity contribution in [1.29, 1.82) is 0 Å². The lowest BCUT2D eigenvalue weighted by molar-refractivity contribution is 0.494. The van der Waals surface area contributed by atoms with Gasteiger partial charge in [0, 0.05) is 19.1 Å². The first-order chi connectivity index (χ1) is 12.1. The van der Waals surface area contributed by atoms with E-state index in [-0.39, 0.29) is 6.04 Å². The highest BCUT2D eigenvalue weighted by Crippen LogP contribution is 2.26. The maximum absolute atomic E-state index is 13.6. The smallest absolute Gasteiger partial charge is 0.206 e. The molecule has 3 aromatic rings. The first-order valence-corrected chi connectivity index (χ1v) is 8.51. The fourth-order valence-electron chi connectivity index (χ4n) is 3.47. The predicted octanol–water partition coefficient (Wildman–Crippen LogP) is 3.29. The van der Waals surface area contributed by atoms with E-state index in [1.54, 1.807) is 6.07 Å². The van der Waals surface area contributed by atoms with Crippen LogP contribution in [0.15, 0.2) is 42.5 Å². The molecule has 130 valence electrons. The van der Waals surface area contributed by atoms with Crippen molar-refractivity contribution in [3.8, 4) is 0 Å². The van der Waals surface area contributed by atoms with Crippen LogP contribution in [0.2, 0.25) is 0 Å². The highest BCUT2D eigenvalue weighted by Gasteiger charge is 2.22. The fraction of sp³-hybridized carbons (Fsp3) is 0.316. The number of hydrogen-bond donors (Lipinski definition) is 1. The Morgan fingerprint density at radius 1 is 1.12 bits per heavy atom. The van der Waals surface area contributed by atoms with Gasteiger partial charge in [0.2, 0.25) is 5.95 Å². The van der Waals surface area contributed by atoms with Gasteiger partial charge in [-0.1, -0.05) is 18.2 Å². The normalized spacial score (nSPS) is 18.0. The van der Waals surface area contributed by atoms with Crippen molar-refractivity contribution in [2.45, 2.75) is 25.4 Å². The molecule has 2 N–H and O–H groups in total. The highest BCUT2D eigenvalue weighted by atomic mass is 19.2. The molecule has 4 nitrogen and oxygen atoms in total. The first-order valence-electron chi connectivity index (χ1n) is 8.51. The van der Waals surface area contributed by atoms with Crippen LogP contribution in [-0.4, -0.2) is 28.7 Å². The van der Waals surface area contributed by atoms with E-state index < -0.39 is 11.6 Å². The Balaban J connectivity index is 1.77. The Bertz CT molecular complexity index is 906. The summed E-state index contributed by atoms with van der Waals surface area (Å²) < 4.78 is 28.9. The topological polar surface area (TPSA) is 47.1 Å². The van der Waals surface area contributed by atoms with Gasteiger partial charge in [-0.25, -0.2) is 13.8 Å². The third-order valence-corrected chi connectivity index (χ3v) is 4.70. The molecule has 1 fully saturated rings. The molecule has 6 heteroatoms. The van der Waals surface area contributed by atoms with Gasteiger partial charge in [-0.05, 0) is 42.7 Å². The zero-order chi connectivity index (χ0) is 17.4. The molecule has 2 heterocycles. The van der Waals surface area contributed by atoms with E-state index in [4.69, 9.17) is 10.7 Å². The number of nitrogens with zero attached hydrogens (tertiary/aromatic N) is 3. The summed E-state index contributed by atoms with van der Waals surface area (Å²) in [6.45, 7) is 2.08. The van der Waals surface area contributed by atoms with Gasteiger partial charge in [0.25, 0.3) is 0 Å². The average molecular weight is 342 g/mol. The number of benzene rings is 2. The van der Waals surface area contributed by atoms with Crippen molar-refractivity contribution >= 4 is 17.0 Å². The Labute approximate surface area is 144 Å². The van der Waals surface area contributed by atoms with E-state index in [0.29, 0.717) is 12.1 Å². The zero-order valence-corrected chi connectivity index (χ0v) is 13.8. The maximum Gasteiger partial charge on any atom is 0.206 e. The third-order valence-electron chi connectivity index (χ3n) is 4.70. The summed E-state index contributed by atoms with van der Waals surface area (Å²) >= 11 is 0. The Hall–Kier alpha value is -2.47. The average Bonchev–Trinajstić information content (AvgIpc) is 2.97. The highest BCUT2D eigenvalue weighted by molar-refractivity contribution is 5.79. The number of nitrogens with two attached hydrogens (primary N) is 1. The molecule has 0 amide bonds. The van der Waals surface area contributed by atoms with Gasteiger partial charge in [-0.2, -0.15) is 0 Å². The Morgan fingerprint density at radius 2 is 1.96 bits per heavy atom. The molecule has 0 aliphatic carbocycles.